The minimum atomic E-state index is -4.39. The first-order valence-electron chi connectivity index (χ1n) is 9.47. The van der Waals surface area contributed by atoms with Gasteiger partial charge < -0.3 is 15.6 Å². The molecule has 0 unspecified atom stereocenters. The number of nitrogens with one attached hydrogen (secondary N) is 3. The maximum Gasteiger partial charge on any atom is 0.434 e. The van der Waals surface area contributed by atoms with E-state index in [0.717, 1.165) is 28.7 Å². The molecular formula is C20H24F3N5S. The van der Waals surface area contributed by atoms with E-state index in [2.05, 4.69) is 50.7 Å². The summed E-state index contributed by atoms with van der Waals surface area (Å²) in [6.07, 6.45) is -1.17. The van der Waals surface area contributed by atoms with Gasteiger partial charge in [0.1, 0.15) is 0 Å². The average Bonchev–Trinajstić information content (AvgIpc) is 3.28. The first-order chi connectivity index (χ1) is 13.9. The lowest BCUT2D eigenvalue weighted by molar-refractivity contribution is -0.140. The highest BCUT2D eigenvalue weighted by atomic mass is 32.1. The lowest BCUT2D eigenvalue weighted by Gasteiger charge is -2.11. The fourth-order valence-electron chi connectivity index (χ4n) is 2.98. The second-order valence-corrected chi connectivity index (χ2v) is 7.62. The zero-order chi connectivity index (χ0) is 20.9. The molecule has 0 bridgehead atoms. The van der Waals surface area contributed by atoms with Crippen LogP contribution in [0.1, 0.15) is 28.8 Å². The molecule has 0 aliphatic heterocycles. The van der Waals surface area contributed by atoms with E-state index < -0.39 is 11.9 Å². The van der Waals surface area contributed by atoms with Crippen molar-refractivity contribution in [2.24, 2.45) is 4.99 Å². The van der Waals surface area contributed by atoms with Gasteiger partial charge in [0.15, 0.2) is 11.7 Å². The fourth-order valence-corrected chi connectivity index (χ4v) is 3.78. The van der Waals surface area contributed by atoms with E-state index in [0.29, 0.717) is 37.0 Å². The van der Waals surface area contributed by atoms with Crippen LogP contribution in [0, 0.1) is 6.92 Å². The number of thiazole rings is 1. The Bertz CT molecular complexity index is 974. The Morgan fingerprint density at radius 3 is 2.79 bits per heavy atom. The van der Waals surface area contributed by atoms with Crippen molar-refractivity contribution in [3.05, 3.63) is 51.6 Å². The lowest BCUT2D eigenvalue weighted by Crippen LogP contribution is -2.38. The van der Waals surface area contributed by atoms with Gasteiger partial charge in [-0.05, 0) is 37.5 Å². The van der Waals surface area contributed by atoms with Gasteiger partial charge in [-0.3, -0.25) is 4.99 Å². The van der Waals surface area contributed by atoms with Gasteiger partial charge in [0.25, 0.3) is 0 Å². The van der Waals surface area contributed by atoms with E-state index in [1.807, 2.05) is 13.1 Å². The minimum absolute atomic E-state index is 0.368. The maximum atomic E-state index is 12.6. The van der Waals surface area contributed by atoms with Crippen molar-refractivity contribution >= 4 is 28.2 Å². The van der Waals surface area contributed by atoms with Gasteiger partial charge in [-0.1, -0.05) is 12.1 Å². The second-order valence-electron chi connectivity index (χ2n) is 6.67. The Balaban J connectivity index is 1.53. The number of nitrogens with zero attached hydrogens (tertiary/aromatic N) is 2. The number of aromatic amines is 1. The number of hydrogen-bond donors (Lipinski definition) is 3. The SMILES string of the molecule is CCNC(=NCCc1nc(C(F)(F)F)cs1)NCCc1c[nH]c2cc(C)ccc12. The number of benzene rings is 1. The molecule has 3 rings (SSSR count). The van der Waals surface area contributed by atoms with Crippen LogP contribution >= 0.6 is 11.3 Å². The van der Waals surface area contributed by atoms with Crippen molar-refractivity contribution < 1.29 is 13.2 Å². The van der Waals surface area contributed by atoms with Crippen molar-refractivity contribution in [3.8, 4) is 0 Å². The van der Waals surface area contributed by atoms with E-state index in [4.69, 9.17) is 0 Å². The molecular weight excluding hydrogens is 399 g/mol. The molecule has 0 atom stereocenters. The Hall–Kier alpha value is -2.55. The number of fused-ring (bicyclic) bond motifs is 1. The van der Waals surface area contributed by atoms with Gasteiger partial charge in [-0.15, -0.1) is 11.3 Å². The molecule has 1 aromatic carbocycles. The standard InChI is InChI=1S/C20H24F3N5S/c1-3-24-19(26-9-7-18-28-17(12-29-18)20(21,22)23)25-8-6-14-11-27-16-10-13(2)4-5-15(14)16/h4-5,10-12,27H,3,6-9H2,1-2H3,(H2,24,25,26). The second kappa shape index (κ2) is 9.30. The lowest BCUT2D eigenvalue weighted by atomic mass is 10.1. The predicted octanol–water partition coefficient (Wildman–Crippen LogP) is 4.29. The number of hydrogen-bond acceptors (Lipinski definition) is 3. The van der Waals surface area contributed by atoms with Crippen LogP contribution in [0.5, 0.6) is 0 Å². The van der Waals surface area contributed by atoms with Crippen molar-refractivity contribution in [3.63, 3.8) is 0 Å². The summed E-state index contributed by atoms with van der Waals surface area (Å²) >= 11 is 1.01. The highest BCUT2D eigenvalue weighted by Gasteiger charge is 2.33. The molecule has 3 N–H and O–H groups in total. The number of aliphatic imine (C=N–C) groups is 1. The van der Waals surface area contributed by atoms with Crippen molar-refractivity contribution in [1.29, 1.82) is 0 Å². The third kappa shape index (κ3) is 5.72. The number of aromatic nitrogens is 2. The number of H-pyrrole nitrogens is 1. The summed E-state index contributed by atoms with van der Waals surface area (Å²) in [5, 5.41) is 9.13. The van der Waals surface area contributed by atoms with E-state index in [9.17, 15) is 13.2 Å². The van der Waals surface area contributed by atoms with Crippen molar-refractivity contribution in [2.45, 2.75) is 32.9 Å². The van der Waals surface area contributed by atoms with Crippen LogP contribution in [0.2, 0.25) is 0 Å². The quantitative estimate of drug-likeness (QED) is 0.392. The first-order valence-corrected chi connectivity index (χ1v) is 10.3. The van der Waals surface area contributed by atoms with Crippen LogP contribution in [-0.4, -0.2) is 35.6 Å². The summed E-state index contributed by atoms with van der Waals surface area (Å²) in [4.78, 5) is 11.4. The molecule has 29 heavy (non-hydrogen) atoms. The molecule has 0 aliphatic rings. The molecule has 9 heteroatoms. The predicted molar refractivity (Wildman–Crippen MR) is 112 cm³/mol. The molecule has 2 aromatic heterocycles. The zero-order valence-electron chi connectivity index (χ0n) is 16.4. The van der Waals surface area contributed by atoms with Gasteiger partial charge in [-0.2, -0.15) is 13.2 Å². The number of halogens is 3. The number of aryl methyl sites for hydroxylation is 1. The van der Waals surface area contributed by atoms with Gasteiger partial charge in [0.05, 0.1) is 5.01 Å². The first kappa shape index (κ1) is 21.2. The minimum Gasteiger partial charge on any atom is -0.361 e. The molecule has 2 heterocycles. The summed E-state index contributed by atoms with van der Waals surface area (Å²) in [7, 11) is 0. The maximum absolute atomic E-state index is 12.6. The Morgan fingerprint density at radius 2 is 2.07 bits per heavy atom. The van der Waals surface area contributed by atoms with Crippen LogP contribution in [0.15, 0.2) is 34.8 Å². The van der Waals surface area contributed by atoms with Gasteiger partial charge in [-0.25, -0.2) is 4.98 Å². The molecule has 156 valence electrons. The number of alkyl halides is 3. The van der Waals surface area contributed by atoms with Crippen molar-refractivity contribution in [2.75, 3.05) is 19.6 Å². The van der Waals surface area contributed by atoms with E-state index in [1.165, 1.54) is 16.5 Å². The Labute approximate surface area is 171 Å². The molecule has 0 radical (unpaired) electrons. The van der Waals surface area contributed by atoms with E-state index in [-0.39, 0.29) is 0 Å². The summed E-state index contributed by atoms with van der Waals surface area (Å²) in [6, 6.07) is 6.35. The third-order valence-electron chi connectivity index (χ3n) is 4.39. The fraction of sp³-hybridized carbons (Fsp3) is 0.400. The molecule has 3 aromatic rings. The molecule has 0 amide bonds. The topological polar surface area (TPSA) is 65.1 Å². The summed E-state index contributed by atoms with van der Waals surface area (Å²) in [6.45, 7) is 5.80. The van der Waals surface area contributed by atoms with Gasteiger partial charge in [0.2, 0.25) is 0 Å². The van der Waals surface area contributed by atoms with Gasteiger partial charge in [0, 0.05) is 48.5 Å². The molecule has 0 aliphatic carbocycles. The van der Waals surface area contributed by atoms with E-state index >= 15 is 0 Å². The zero-order valence-corrected chi connectivity index (χ0v) is 17.2. The summed E-state index contributed by atoms with van der Waals surface area (Å²) in [5.74, 6) is 0.649. The summed E-state index contributed by atoms with van der Waals surface area (Å²) < 4.78 is 37.9. The van der Waals surface area contributed by atoms with Crippen LogP contribution < -0.4 is 10.6 Å². The largest absolute Gasteiger partial charge is 0.434 e. The smallest absolute Gasteiger partial charge is 0.361 e. The van der Waals surface area contributed by atoms with E-state index in [1.54, 1.807) is 0 Å². The van der Waals surface area contributed by atoms with Crippen LogP contribution in [0.3, 0.4) is 0 Å². The Morgan fingerprint density at radius 1 is 1.24 bits per heavy atom. The third-order valence-corrected chi connectivity index (χ3v) is 5.30. The number of guanidine groups is 1. The highest BCUT2D eigenvalue weighted by molar-refractivity contribution is 7.09. The summed E-state index contributed by atoms with van der Waals surface area (Å²) in [5.41, 5.74) is 2.74. The van der Waals surface area contributed by atoms with Crippen LogP contribution in [0.25, 0.3) is 10.9 Å². The highest BCUT2D eigenvalue weighted by Crippen LogP contribution is 2.30. The van der Waals surface area contributed by atoms with Crippen LogP contribution in [-0.2, 0) is 19.0 Å². The monoisotopic (exact) mass is 423 g/mol. The molecule has 0 fully saturated rings. The number of rotatable bonds is 7. The normalized spacial score (nSPS) is 12.5. The van der Waals surface area contributed by atoms with Gasteiger partial charge >= 0.3 is 6.18 Å². The molecule has 0 saturated heterocycles. The molecule has 0 saturated carbocycles. The van der Waals surface area contributed by atoms with Crippen LogP contribution in [0.4, 0.5) is 13.2 Å². The average molecular weight is 424 g/mol. The molecule has 0 spiro atoms. The van der Waals surface area contributed by atoms with Crippen molar-refractivity contribution in [1.82, 2.24) is 20.6 Å². The Kier molecular flexibility index (Phi) is 6.79. The molecule has 5 nitrogen and oxygen atoms in total.